The SMILES string of the molecule is CC(C)(NC(=O)c1ccc(C(=N)N)cc1Cl)C(C(=O)N1CCC(CC(=O)O)CC1)c1ccccc1. The molecule has 8 nitrogen and oxygen atoms in total. The van der Waals surface area contributed by atoms with Gasteiger partial charge < -0.3 is 21.1 Å². The quantitative estimate of drug-likeness (QED) is 0.325. The molecule has 35 heavy (non-hydrogen) atoms. The number of carboxylic acid groups (broad SMARTS) is 1. The highest BCUT2D eigenvalue weighted by atomic mass is 35.5. The molecule has 0 saturated carbocycles. The van der Waals surface area contributed by atoms with E-state index in [4.69, 9.17) is 27.9 Å². The number of aliphatic carboxylic acids is 1. The van der Waals surface area contributed by atoms with Gasteiger partial charge in [0.1, 0.15) is 5.84 Å². The fourth-order valence-corrected chi connectivity index (χ4v) is 4.87. The van der Waals surface area contributed by atoms with Gasteiger partial charge >= 0.3 is 5.97 Å². The first-order chi connectivity index (χ1) is 16.5. The molecule has 0 radical (unpaired) electrons. The van der Waals surface area contributed by atoms with Gasteiger partial charge in [-0.05, 0) is 50.3 Å². The molecule has 1 fully saturated rings. The number of nitrogen functional groups attached to an aromatic ring is 1. The number of benzene rings is 2. The molecular weight excluding hydrogens is 468 g/mol. The average Bonchev–Trinajstić information content (AvgIpc) is 2.79. The summed E-state index contributed by atoms with van der Waals surface area (Å²) in [5.74, 6) is -2.15. The van der Waals surface area contributed by atoms with Crippen molar-refractivity contribution in [1.29, 1.82) is 5.41 Å². The van der Waals surface area contributed by atoms with Gasteiger partial charge in [0.15, 0.2) is 0 Å². The predicted molar refractivity (Wildman–Crippen MR) is 135 cm³/mol. The molecule has 1 aliphatic heterocycles. The molecule has 1 unspecified atom stereocenters. The fraction of sp³-hybridized carbons (Fsp3) is 0.385. The number of nitrogens with one attached hydrogen (secondary N) is 2. The standard InChI is InChI=1S/C26H31ClN4O4/c1-26(2,30-24(34)19-9-8-18(23(28)29)15-20(19)27)22(17-6-4-3-5-7-17)25(35)31-12-10-16(11-13-31)14-21(32)33/h3-9,15-16,22H,10-14H2,1-2H3,(H3,28,29)(H,30,34)(H,32,33). The Kier molecular flexibility index (Phi) is 8.17. The van der Waals surface area contributed by atoms with Crippen molar-refractivity contribution >= 4 is 35.2 Å². The number of likely N-dealkylation sites (tertiary alicyclic amines) is 1. The second kappa shape index (κ2) is 10.9. The van der Waals surface area contributed by atoms with Gasteiger partial charge in [0.25, 0.3) is 5.91 Å². The summed E-state index contributed by atoms with van der Waals surface area (Å²) in [7, 11) is 0. The van der Waals surface area contributed by atoms with E-state index in [1.54, 1.807) is 24.8 Å². The van der Waals surface area contributed by atoms with Gasteiger partial charge in [-0.25, -0.2) is 0 Å². The van der Waals surface area contributed by atoms with Crippen molar-refractivity contribution in [3.05, 3.63) is 70.2 Å². The summed E-state index contributed by atoms with van der Waals surface area (Å²) >= 11 is 6.30. The van der Waals surface area contributed by atoms with Crippen molar-refractivity contribution in [1.82, 2.24) is 10.2 Å². The van der Waals surface area contributed by atoms with Crippen molar-refractivity contribution in [2.45, 2.75) is 44.6 Å². The molecule has 5 N–H and O–H groups in total. The normalized spacial score (nSPS) is 15.3. The van der Waals surface area contributed by atoms with E-state index in [2.05, 4.69) is 5.32 Å². The topological polar surface area (TPSA) is 137 Å². The van der Waals surface area contributed by atoms with E-state index in [9.17, 15) is 14.4 Å². The van der Waals surface area contributed by atoms with Crippen LogP contribution in [-0.2, 0) is 9.59 Å². The molecule has 2 aromatic carbocycles. The number of amides is 2. The van der Waals surface area contributed by atoms with Gasteiger partial charge in [0, 0.05) is 25.1 Å². The first kappa shape index (κ1) is 26.2. The second-order valence-electron chi connectivity index (χ2n) is 9.49. The lowest BCUT2D eigenvalue weighted by atomic mass is 9.79. The van der Waals surface area contributed by atoms with Crippen molar-refractivity contribution in [2.75, 3.05) is 13.1 Å². The number of halogens is 1. The van der Waals surface area contributed by atoms with E-state index in [1.807, 2.05) is 30.3 Å². The molecule has 9 heteroatoms. The Morgan fingerprint density at radius 3 is 2.34 bits per heavy atom. The first-order valence-electron chi connectivity index (χ1n) is 11.5. The third-order valence-corrected chi connectivity index (χ3v) is 6.76. The maximum absolute atomic E-state index is 13.8. The van der Waals surface area contributed by atoms with Crippen LogP contribution in [0.5, 0.6) is 0 Å². The molecule has 0 spiro atoms. The smallest absolute Gasteiger partial charge is 0.303 e. The first-order valence-corrected chi connectivity index (χ1v) is 11.9. The van der Waals surface area contributed by atoms with Crippen molar-refractivity contribution in [3.63, 3.8) is 0 Å². The van der Waals surface area contributed by atoms with Gasteiger partial charge in [-0.1, -0.05) is 48.0 Å². The van der Waals surface area contributed by atoms with Crippen LogP contribution in [0.3, 0.4) is 0 Å². The number of piperidine rings is 1. The number of nitrogens with zero attached hydrogens (tertiary/aromatic N) is 1. The zero-order valence-electron chi connectivity index (χ0n) is 19.9. The van der Waals surface area contributed by atoms with E-state index in [0.717, 1.165) is 5.56 Å². The highest BCUT2D eigenvalue weighted by molar-refractivity contribution is 6.34. The lowest BCUT2D eigenvalue weighted by Gasteiger charge is -2.40. The number of hydrogen-bond donors (Lipinski definition) is 4. The van der Waals surface area contributed by atoms with Gasteiger partial charge in [0.05, 0.1) is 22.0 Å². The number of carbonyl (C=O) groups is 3. The van der Waals surface area contributed by atoms with Crippen LogP contribution in [0.4, 0.5) is 0 Å². The predicted octanol–water partition coefficient (Wildman–Crippen LogP) is 3.63. The van der Waals surface area contributed by atoms with Crippen molar-refractivity contribution in [2.24, 2.45) is 11.7 Å². The van der Waals surface area contributed by atoms with E-state index in [0.29, 0.717) is 31.5 Å². The zero-order valence-corrected chi connectivity index (χ0v) is 20.6. The van der Waals surface area contributed by atoms with Crippen LogP contribution in [0.2, 0.25) is 5.02 Å². The molecule has 1 atom stereocenters. The number of rotatable bonds is 8. The largest absolute Gasteiger partial charge is 0.481 e. The molecule has 0 aliphatic carbocycles. The van der Waals surface area contributed by atoms with E-state index in [-0.39, 0.29) is 34.7 Å². The molecule has 1 aliphatic rings. The maximum atomic E-state index is 13.8. The highest BCUT2D eigenvalue weighted by Crippen LogP contribution is 2.33. The number of carbonyl (C=O) groups excluding carboxylic acids is 2. The van der Waals surface area contributed by atoms with Gasteiger partial charge in [-0.15, -0.1) is 0 Å². The molecule has 0 bridgehead atoms. The minimum atomic E-state index is -0.976. The second-order valence-corrected chi connectivity index (χ2v) is 9.90. The Morgan fingerprint density at radius 2 is 1.80 bits per heavy atom. The van der Waals surface area contributed by atoms with Crippen LogP contribution in [0, 0.1) is 11.3 Å². The van der Waals surface area contributed by atoms with Crippen LogP contribution in [-0.4, -0.2) is 52.3 Å². The number of amidine groups is 1. The summed E-state index contributed by atoms with van der Waals surface area (Å²) in [6.45, 7) is 4.55. The monoisotopic (exact) mass is 498 g/mol. The molecule has 3 rings (SSSR count). The van der Waals surface area contributed by atoms with E-state index >= 15 is 0 Å². The molecule has 1 saturated heterocycles. The lowest BCUT2D eigenvalue weighted by Crippen LogP contribution is -2.54. The number of carboxylic acids is 1. The van der Waals surface area contributed by atoms with Crippen molar-refractivity contribution in [3.8, 4) is 0 Å². The summed E-state index contributed by atoms with van der Waals surface area (Å²) in [6.07, 6.45) is 1.36. The van der Waals surface area contributed by atoms with Crippen LogP contribution in [0.25, 0.3) is 0 Å². The fourth-order valence-electron chi connectivity index (χ4n) is 4.60. The molecule has 1 heterocycles. The molecule has 0 aromatic heterocycles. The maximum Gasteiger partial charge on any atom is 0.303 e. The Morgan fingerprint density at radius 1 is 1.17 bits per heavy atom. The van der Waals surface area contributed by atoms with Crippen LogP contribution in [0.15, 0.2) is 48.5 Å². The average molecular weight is 499 g/mol. The lowest BCUT2D eigenvalue weighted by molar-refractivity contribution is -0.139. The summed E-state index contributed by atoms with van der Waals surface area (Å²) in [4.78, 5) is 39.8. The summed E-state index contributed by atoms with van der Waals surface area (Å²) < 4.78 is 0. The third kappa shape index (κ3) is 6.39. The Balaban J connectivity index is 1.84. The number of nitrogens with two attached hydrogens (primary N) is 1. The molecule has 2 aromatic rings. The van der Waals surface area contributed by atoms with Gasteiger partial charge in [0.2, 0.25) is 5.91 Å². The minimum Gasteiger partial charge on any atom is -0.481 e. The summed E-state index contributed by atoms with van der Waals surface area (Å²) in [6, 6.07) is 13.8. The molecule has 2 amide bonds. The molecular formula is C26H31ClN4O4. The summed E-state index contributed by atoms with van der Waals surface area (Å²) in [5.41, 5.74) is 5.93. The molecule has 186 valence electrons. The van der Waals surface area contributed by atoms with Crippen LogP contribution < -0.4 is 11.1 Å². The highest BCUT2D eigenvalue weighted by Gasteiger charge is 2.41. The van der Waals surface area contributed by atoms with E-state index in [1.165, 1.54) is 12.1 Å². The Hall–Kier alpha value is -3.39. The Labute approximate surface area is 210 Å². The third-order valence-electron chi connectivity index (χ3n) is 6.45. The summed E-state index contributed by atoms with van der Waals surface area (Å²) in [5, 5.41) is 19.8. The Bertz CT molecular complexity index is 1110. The van der Waals surface area contributed by atoms with Crippen LogP contribution >= 0.6 is 11.6 Å². The van der Waals surface area contributed by atoms with Crippen LogP contribution in [0.1, 0.15) is 60.5 Å². The van der Waals surface area contributed by atoms with Gasteiger partial charge in [-0.3, -0.25) is 19.8 Å². The minimum absolute atomic E-state index is 0.0551. The van der Waals surface area contributed by atoms with Crippen molar-refractivity contribution < 1.29 is 19.5 Å². The zero-order chi connectivity index (χ0) is 25.8. The number of hydrogen-bond acceptors (Lipinski definition) is 4. The van der Waals surface area contributed by atoms with Gasteiger partial charge in [-0.2, -0.15) is 0 Å². The van der Waals surface area contributed by atoms with E-state index < -0.39 is 23.3 Å².